The van der Waals surface area contributed by atoms with Crippen LogP contribution in [0.15, 0.2) is 0 Å². The summed E-state index contributed by atoms with van der Waals surface area (Å²) in [6, 6.07) is 1.15. The van der Waals surface area contributed by atoms with Gasteiger partial charge < -0.3 is 25.7 Å². The van der Waals surface area contributed by atoms with E-state index in [1.165, 1.54) is 262 Å². The molecule has 310 valence electrons. The summed E-state index contributed by atoms with van der Waals surface area (Å²) in [5.74, 6) is 0. The van der Waals surface area contributed by atoms with E-state index in [4.69, 9.17) is 8.85 Å². The van der Waals surface area contributed by atoms with Gasteiger partial charge in [-0.2, -0.15) is 0 Å². The van der Waals surface area contributed by atoms with Crippen molar-refractivity contribution in [1.29, 1.82) is 0 Å². The van der Waals surface area contributed by atoms with Gasteiger partial charge in [-0.05, 0) is 38.1 Å². The lowest BCUT2D eigenvalue weighted by Gasteiger charge is -2.35. The van der Waals surface area contributed by atoms with Gasteiger partial charge in [0.1, 0.15) is 0 Å². The second kappa shape index (κ2) is 44.8. The molecule has 51 heavy (non-hydrogen) atoms. The predicted octanol–water partition coefficient (Wildman–Crippen LogP) is 12.4. The Labute approximate surface area is 332 Å². The normalized spacial score (nSPS) is 11.9. The van der Waals surface area contributed by atoms with E-state index in [-0.39, 0.29) is 12.4 Å². The largest absolute Gasteiger partial charge is 1.00 e. The number of unbranched alkanes of at least 4 members (excludes halogenated alkanes) is 34. The van der Waals surface area contributed by atoms with Crippen molar-refractivity contribution in [2.45, 2.75) is 257 Å². The Morgan fingerprint density at radius 1 is 0.314 bits per heavy atom. The van der Waals surface area contributed by atoms with Crippen LogP contribution in [0.1, 0.15) is 251 Å². The molecule has 0 aliphatic heterocycles. The first kappa shape index (κ1) is 53.5. The molecule has 0 atom stereocenters. The SMILES string of the molecule is CCCCCCCCCCCCCCCCCCCC[N+](C)(CCCCCCCCCCCCCCCCCCCC)CCC[SiH](OC)OC.[Cl-]. The highest BCUT2D eigenvalue weighted by Crippen LogP contribution is 2.19. The van der Waals surface area contributed by atoms with E-state index in [0.29, 0.717) is 0 Å². The summed E-state index contributed by atoms with van der Waals surface area (Å²) in [6.45, 7) is 8.65. The highest BCUT2D eigenvalue weighted by atomic mass is 35.5. The van der Waals surface area contributed by atoms with Crippen LogP contribution in [-0.2, 0) is 8.85 Å². The molecule has 0 bridgehead atoms. The molecule has 0 fully saturated rings. The lowest BCUT2D eigenvalue weighted by Crippen LogP contribution is -3.00. The first-order valence-electron chi connectivity index (χ1n) is 23.5. The maximum atomic E-state index is 5.62. The molecule has 0 aliphatic carbocycles. The minimum absolute atomic E-state index is 0. The summed E-state index contributed by atoms with van der Waals surface area (Å²) in [4.78, 5) is 0. The molecule has 0 amide bonds. The first-order valence-corrected chi connectivity index (χ1v) is 25.3. The van der Waals surface area contributed by atoms with Gasteiger partial charge in [0.25, 0.3) is 0 Å². The number of nitrogens with zero attached hydrogens (tertiary/aromatic N) is 1. The molecule has 3 nitrogen and oxygen atoms in total. The van der Waals surface area contributed by atoms with Crippen molar-refractivity contribution in [2.75, 3.05) is 40.9 Å². The van der Waals surface area contributed by atoms with E-state index in [0.717, 1.165) is 6.04 Å². The third kappa shape index (κ3) is 41.4. The molecule has 0 saturated heterocycles. The van der Waals surface area contributed by atoms with Crippen LogP contribution in [0.5, 0.6) is 0 Å². The van der Waals surface area contributed by atoms with Gasteiger partial charge in [-0.15, -0.1) is 0 Å². The molecule has 0 heterocycles. The number of halogens is 1. The minimum atomic E-state index is -1.43. The molecular formula is C46H98ClNO2Si. The van der Waals surface area contributed by atoms with Gasteiger partial charge in [-0.3, -0.25) is 0 Å². The fraction of sp³-hybridized carbons (Fsp3) is 1.00. The first-order chi connectivity index (χ1) is 24.6. The molecule has 5 heteroatoms. The van der Waals surface area contributed by atoms with E-state index >= 15 is 0 Å². The molecule has 0 N–H and O–H groups in total. The standard InChI is InChI=1S/C46H98NO2Si.ClH/c1-6-8-10-12-14-16-18-20-22-24-26-28-30-32-34-36-38-40-43-47(3,45-42-46-50(48-4)49-5)44-41-39-37-35-33-31-29-27-25-23-21-19-17-15-13-11-9-7-2;/h50H,6-46H2,1-5H3;1H/q+1;/p-1. The van der Waals surface area contributed by atoms with E-state index in [1.807, 2.05) is 14.2 Å². The molecule has 0 aromatic rings. The average molecular weight is 761 g/mol. The van der Waals surface area contributed by atoms with Crippen molar-refractivity contribution < 1.29 is 25.7 Å². The predicted molar refractivity (Wildman–Crippen MR) is 229 cm³/mol. The van der Waals surface area contributed by atoms with Gasteiger partial charge in [0.05, 0.1) is 26.7 Å². The number of quaternary nitrogens is 1. The van der Waals surface area contributed by atoms with Crippen LogP contribution < -0.4 is 12.4 Å². The summed E-state index contributed by atoms with van der Waals surface area (Å²) < 4.78 is 12.5. The third-order valence-electron chi connectivity index (χ3n) is 11.8. The zero-order valence-corrected chi connectivity index (χ0v) is 38.1. The zero-order chi connectivity index (χ0) is 36.5. The Bertz CT molecular complexity index is 580. The molecule has 0 saturated carbocycles. The van der Waals surface area contributed by atoms with Crippen molar-refractivity contribution in [2.24, 2.45) is 0 Å². The van der Waals surface area contributed by atoms with Gasteiger partial charge in [-0.25, -0.2) is 0 Å². The Hall–Kier alpha value is 0.387. The van der Waals surface area contributed by atoms with Crippen LogP contribution in [0.2, 0.25) is 6.04 Å². The molecule has 0 aromatic heterocycles. The smallest absolute Gasteiger partial charge is 0.321 e. The van der Waals surface area contributed by atoms with E-state index < -0.39 is 9.28 Å². The second-order valence-corrected chi connectivity index (χ2v) is 19.2. The molecule has 0 aliphatic rings. The van der Waals surface area contributed by atoms with Crippen LogP contribution in [0.3, 0.4) is 0 Å². The molecule has 0 rings (SSSR count). The monoisotopic (exact) mass is 760 g/mol. The van der Waals surface area contributed by atoms with Crippen LogP contribution in [-0.4, -0.2) is 54.7 Å². The average Bonchev–Trinajstić information content (AvgIpc) is 3.12. The molecule has 0 unspecified atom stereocenters. The molecule has 0 radical (unpaired) electrons. The summed E-state index contributed by atoms with van der Waals surface area (Å²) in [7, 11) is 4.80. The summed E-state index contributed by atoms with van der Waals surface area (Å²) in [5.41, 5.74) is 0. The minimum Gasteiger partial charge on any atom is -1.00 e. The lowest BCUT2D eigenvalue weighted by atomic mass is 10.0. The number of rotatable bonds is 44. The van der Waals surface area contributed by atoms with Crippen molar-refractivity contribution in [3.63, 3.8) is 0 Å². The van der Waals surface area contributed by atoms with Crippen LogP contribution in [0.4, 0.5) is 0 Å². The van der Waals surface area contributed by atoms with Crippen molar-refractivity contribution >= 4 is 9.28 Å². The Kier molecular flexibility index (Phi) is 47.0. The third-order valence-corrected chi connectivity index (χ3v) is 13.7. The number of hydrogen-bond acceptors (Lipinski definition) is 2. The number of hydrogen-bond donors (Lipinski definition) is 0. The van der Waals surface area contributed by atoms with Crippen LogP contribution in [0.25, 0.3) is 0 Å². The molecule has 0 aromatic carbocycles. The van der Waals surface area contributed by atoms with Crippen LogP contribution in [0, 0.1) is 0 Å². The maximum absolute atomic E-state index is 5.62. The fourth-order valence-electron chi connectivity index (χ4n) is 8.10. The quantitative estimate of drug-likeness (QED) is 0.0350. The van der Waals surface area contributed by atoms with Gasteiger partial charge >= 0.3 is 9.28 Å². The van der Waals surface area contributed by atoms with E-state index in [9.17, 15) is 0 Å². The van der Waals surface area contributed by atoms with E-state index in [1.54, 1.807) is 0 Å². The highest BCUT2D eigenvalue weighted by molar-refractivity contribution is 6.44. The van der Waals surface area contributed by atoms with Gasteiger partial charge in [-0.1, -0.05) is 219 Å². The maximum Gasteiger partial charge on any atom is 0.321 e. The Morgan fingerprint density at radius 3 is 0.725 bits per heavy atom. The topological polar surface area (TPSA) is 18.5 Å². The Balaban J connectivity index is 0. The van der Waals surface area contributed by atoms with Gasteiger partial charge in [0, 0.05) is 14.2 Å². The Morgan fingerprint density at radius 2 is 0.510 bits per heavy atom. The summed E-state index contributed by atoms with van der Waals surface area (Å²) in [5, 5.41) is 0. The van der Waals surface area contributed by atoms with Crippen molar-refractivity contribution in [3.05, 3.63) is 0 Å². The lowest BCUT2D eigenvalue weighted by molar-refractivity contribution is -0.910. The fourth-order valence-corrected chi connectivity index (χ4v) is 9.28. The molecule has 0 spiro atoms. The van der Waals surface area contributed by atoms with Gasteiger partial charge in [0.15, 0.2) is 0 Å². The molecular weight excluding hydrogens is 662 g/mol. The summed E-state index contributed by atoms with van der Waals surface area (Å²) in [6.07, 6.45) is 53.7. The zero-order valence-electron chi connectivity index (χ0n) is 36.2. The van der Waals surface area contributed by atoms with Gasteiger partial charge in [0.2, 0.25) is 0 Å². The van der Waals surface area contributed by atoms with Crippen molar-refractivity contribution in [1.82, 2.24) is 0 Å². The second-order valence-electron chi connectivity index (χ2n) is 16.9. The van der Waals surface area contributed by atoms with E-state index in [2.05, 4.69) is 20.9 Å². The highest BCUT2D eigenvalue weighted by Gasteiger charge is 2.22. The summed E-state index contributed by atoms with van der Waals surface area (Å²) >= 11 is 0. The van der Waals surface area contributed by atoms with Crippen LogP contribution >= 0.6 is 0 Å². The van der Waals surface area contributed by atoms with Crippen molar-refractivity contribution in [3.8, 4) is 0 Å².